The summed E-state index contributed by atoms with van der Waals surface area (Å²) in [5, 5.41) is 9.99. The Balaban J connectivity index is 1.98. The Labute approximate surface area is 158 Å². The van der Waals surface area contributed by atoms with Crippen molar-refractivity contribution in [2.24, 2.45) is 0 Å². The largest absolute Gasteiger partial charge is 0.490 e. The number of aromatic nitrogens is 1. The molecule has 0 atom stereocenters. The number of benzene rings is 2. The molecule has 0 bridgehead atoms. The molecule has 2 aromatic heterocycles. The van der Waals surface area contributed by atoms with Gasteiger partial charge in [0.1, 0.15) is 18.1 Å². The minimum Gasteiger partial charge on any atom is -0.490 e. The highest BCUT2D eigenvalue weighted by atomic mass is 16.5. The van der Waals surface area contributed by atoms with Crippen molar-refractivity contribution < 1.29 is 14.3 Å². The maximum Gasteiger partial charge on any atom is 0.231 e. The van der Waals surface area contributed by atoms with Gasteiger partial charge in [-0.05, 0) is 23.6 Å². The number of hydrogen-bond donors (Lipinski definition) is 1. The number of ether oxygens (including phenoxy) is 1. The Morgan fingerprint density at radius 1 is 0.963 bits per heavy atom. The van der Waals surface area contributed by atoms with Gasteiger partial charge in [-0.1, -0.05) is 61.5 Å². The van der Waals surface area contributed by atoms with Gasteiger partial charge in [-0.3, -0.25) is 0 Å². The Kier molecular flexibility index (Phi) is 4.90. The molecule has 4 aromatic rings. The number of pyridine rings is 1. The quantitative estimate of drug-likeness (QED) is 0.521. The summed E-state index contributed by atoms with van der Waals surface area (Å²) in [6.45, 7) is 2.31. The van der Waals surface area contributed by atoms with Gasteiger partial charge in [0.25, 0.3) is 0 Å². The van der Waals surface area contributed by atoms with E-state index in [-0.39, 0.29) is 13.2 Å². The monoisotopic (exact) mass is 359 g/mol. The summed E-state index contributed by atoms with van der Waals surface area (Å²) in [5.41, 5.74) is 4.80. The van der Waals surface area contributed by atoms with Gasteiger partial charge in [0, 0.05) is 17.3 Å². The van der Waals surface area contributed by atoms with E-state index in [0.717, 1.165) is 34.3 Å². The van der Waals surface area contributed by atoms with Gasteiger partial charge in [-0.25, -0.2) is 4.98 Å². The summed E-state index contributed by atoms with van der Waals surface area (Å²) < 4.78 is 11.9. The minimum absolute atomic E-state index is 0.0479. The predicted octanol–water partition coefficient (Wildman–Crippen LogP) is 5.10. The first-order chi connectivity index (χ1) is 13.3. The van der Waals surface area contributed by atoms with Crippen LogP contribution in [0.2, 0.25) is 0 Å². The molecule has 0 aliphatic heterocycles. The van der Waals surface area contributed by atoms with Crippen LogP contribution >= 0.6 is 0 Å². The number of nitrogens with zero attached hydrogens (tertiary/aromatic N) is 1. The zero-order valence-corrected chi connectivity index (χ0v) is 15.2. The molecular weight excluding hydrogens is 338 g/mol. The van der Waals surface area contributed by atoms with E-state index in [1.54, 1.807) is 6.20 Å². The fourth-order valence-electron chi connectivity index (χ4n) is 3.25. The molecule has 0 unspecified atom stereocenters. The third-order valence-electron chi connectivity index (χ3n) is 4.59. The van der Waals surface area contributed by atoms with E-state index >= 15 is 0 Å². The second-order valence-corrected chi connectivity index (χ2v) is 6.28. The SMILES string of the molecule is CCc1ccc(-c2c(-c3ccccc3)oc3nccc(OCCO)c23)cc1. The van der Waals surface area contributed by atoms with Crippen molar-refractivity contribution >= 4 is 11.1 Å². The highest BCUT2D eigenvalue weighted by Gasteiger charge is 2.21. The molecule has 0 saturated heterocycles. The highest BCUT2D eigenvalue weighted by Crippen LogP contribution is 2.43. The van der Waals surface area contributed by atoms with Gasteiger partial charge >= 0.3 is 0 Å². The Morgan fingerprint density at radius 3 is 2.44 bits per heavy atom. The molecule has 1 N–H and O–H groups in total. The van der Waals surface area contributed by atoms with E-state index in [9.17, 15) is 0 Å². The maximum atomic E-state index is 9.16. The van der Waals surface area contributed by atoms with Crippen molar-refractivity contribution in [2.45, 2.75) is 13.3 Å². The van der Waals surface area contributed by atoms with Crippen LogP contribution in [-0.2, 0) is 6.42 Å². The number of hydrogen-bond acceptors (Lipinski definition) is 4. The van der Waals surface area contributed by atoms with E-state index in [4.69, 9.17) is 14.3 Å². The smallest absolute Gasteiger partial charge is 0.231 e. The van der Waals surface area contributed by atoms with Crippen molar-refractivity contribution in [3.8, 4) is 28.2 Å². The molecule has 0 radical (unpaired) electrons. The van der Waals surface area contributed by atoms with Crippen LogP contribution in [0, 0.1) is 0 Å². The molecule has 0 spiro atoms. The lowest BCUT2D eigenvalue weighted by Gasteiger charge is -2.08. The zero-order chi connectivity index (χ0) is 18.6. The second kappa shape index (κ2) is 7.64. The molecule has 4 nitrogen and oxygen atoms in total. The van der Waals surface area contributed by atoms with Gasteiger partial charge < -0.3 is 14.3 Å². The number of aryl methyl sites for hydroxylation is 1. The lowest BCUT2D eigenvalue weighted by atomic mass is 9.97. The van der Waals surface area contributed by atoms with Crippen LogP contribution in [-0.4, -0.2) is 23.3 Å². The molecular formula is C23H21NO3. The zero-order valence-electron chi connectivity index (χ0n) is 15.2. The van der Waals surface area contributed by atoms with Crippen molar-refractivity contribution in [3.05, 3.63) is 72.4 Å². The van der Waals surface area contributed by atoms with E-state index in [1.807, 2.05) is 36.4 Å². The fraction of sp³-hybridized carbons (Fsp3) is 0.174. The first-order valence-electron chi connectivity index (χ1n) is 9.11. The van der Waals surface area contributed by atoms with Crippen LogP contribution in [0.15, 0.2) is 71.3 Å². The molecule has 2 aromatic carbocycles. The van der Waals surface area contributed by atoms with Crippen molar-refractivity contribution in [1.82, 2.24) is 4.98 Å². The third-order valence-corrected chi connectivity index (χ3v) is 4.59. The van der Waals surface area contributed by atoms with Crippen LogP contribution in [0.4, 0.5) is 0 Å². The molecule has 0 saturated carbocycles. The topological polar surface area (TPSA) is 55.5 Å². The maximum absolute atomic E-state index is 9.16. The Hall–Kier alpha value is -3.11. The summed E-state index contributed by atoms with van der Waals surface area (Å²) in [7, 11) is 0. The first-order valence-corrected chi connectivity index (χ1v) is 9.11. The standard InChI is InChI=1S/C23H21NO3/c1-2-16-8-10-17(11-9-16)20-21-19(26-15-14-25)12-13-24-23(21)27-22(20)18-6-4-3-5-7-18/h3-13,25H,2,14-15H2,1H3. The fourth-order valence-corrected chi connectivity index (χ4v) is 3.25. The molecule has 0 fully saturated rings. The van der Waals surface area contributed by atoms with Crippen molar-refractivity contribution in [1.29, 1.82) is 0 Å². The second-order valence-electron chi connectivity index (χ2n) is 6.28. The van der Waals surface area contributed by atoms with E-state index in [0.29, 0.717) is 11.5 Å². The Bertz CT molecular complexity index is 1040. The average molecular weight is 359 g/mol. The summed E-state index contributed by atoms with van der Waals surface area (Å²) in [5.74, 6) is 1.43. The lowest BCUT2D eigenvalue weighted by Crippen LogP contribution is -2.02. The van der Waals surface area contributed by atoms with Crippen LogP contribution in [0.1, 0.15) is 12.5 Å². The van der Waals surface area contributed by atoms with E-state index < -0.39 is 0 Å². The Morgan fingerprint density at radius 2 is 1.74 bits per heavy atom. The van der Waals surface area contributed by atoms with Crippen LogP contribution in [0.3, 0.4) is 0 Å². The number of furan rings is 1. The third kappa shape index (κ3) is 3.32. The normalized spacial score (nSPS) is 11.0. The van der Waals surface area contributed by atoms with E-state index in [2.05, 4.69) is 36.2 Å². The first kappa shape index (κ1) is 17.3. The molecule has 136 valence electrons. The predicted molar refractivity (Wildman–Crippen MR) is 107 cm³/mol. The number of aliphatic hydroxyl groups is 1. The van der Waals surface area contributed by atoms with Crippen LogP contribution in [0.5, 0.6) is 5.75 Å². The minimum atomic E-state index is -0.0479. The van der Waals surface area contributed by atoms with Crippen LogP contribution in [0.25, 0.3) is 33.6 Å². The molecule has 4 heteroatoms. The van der Waals surface area contributed by atoms with Gasteiger partial charge in [0.05, 0.1) is 12.0 Å². The molecule has 2 heterocycles. The number of rotatable bonds is 6. The lowest BCUT2D eigenvalue weighted by molar-refractivity contribution is 0.202. The summed E-state index contributed by atoms with van der Waals surface area (Å²) >= 11 is 0. The average Bonchev–Trinajstić information content (AvgIpc) is 3.13. The van der Waals surface area contributed by atoms with Gasteiger partial charge in [0.15, 0.2) is 0 Å². The molecule has 4 rings (SSSR count). The molecule has 0 aliphatic rings. The van der Waals surface area contributed by atoms with Crippen molar-refractivity contribution in [3.63, 3.8) is 0 Å². The van der Waals surface area contributed by atoms with Crippen LogP contribution < -0.4 is 4.74 Å². The number of fused-ring (bicyclic) bond motifs is 1. The van der Waals surface area contributed by atoms with Gasteiger partial charge in [-0.15, -0.1) is 0 Å². The molecule has 0 amide bonds. The molecule has 0 aliphatic carbocycles. The summed E-state index contributed by atoms with van der Waals surface area (Å²) in [6.07, 6.45) is 2.65. The van der Waals surface area contributed by atoms with E-state index in [1.165, 1.54) is 5.56 Å². The molecule has 27 heavy (non-hydrogen) atoms. The van der Waals surface area contributed by atoms with Gasteiger partial charge in [-0.2, -0.15) is 0 Å². The summed E-state index contributed by atoms with van der Waals surface area (Å²) in [6, 6.07) is 20.3. The summed E-state index contributed by atoms with van der Waals surface area (Å²) in [4.78, 5) is 4.41. The number of aliphatic hydroxyl groups excluding tert-OH is 1. The van der Waals surface area contributed by atoms with Gasteiger partial charge in [0.2, 0.25) is 5.71 Å². The van der Waals surface area contributed by atoms with Crippen molar-refractivity contribution in [2.75, 3.05) is 13.2 Å². The highest BCUT2D eigenvalue weighted by molar-refractivity contribution is 6.03.